The zero-order valence-corrected chi connectivity index (χ0v) is 23.3. The Morgan fingerprint density at radius 1 is 0.973 bits per heavy atom. The van der Waals surface area contributed by atoms with Gasteiger partial charge in [-0.15, -0.1) is 11.8 Å². The summed E-state index contributed by atoms with van der Waals surface area (Å²) in [6, 6.07) is 20.3. The fourth-order valence-corrected chi connectivity index (χ4v) is 5.07. The van der Waals surface area contributed by atoms with E-state index in [1.54, 1.807) is 35.2 Å². The Morgan fingerprint density at radius 2 is 1.68 bits per heavy atom. The number of nitrogens with one attached hydrogen (secondary N) is 1. The molecule has 1 atom stereocenters. The van der Waals surface area contributed by atoms with Crippen molar-refractivity contribution in [1.82, 2.24) is 10.2 Å². The van der Waals surface area contributed by atoms with Crippen LogP contribution in [0.1, 0.15) is 30.5 Å². The number of thioether (sulfide) groups is 1. The summed E-state index contributed by atoms with van der Waals surface area (Å²) in [6.45, 7) is 4.72. The molecule has 0 unspecified atom stereocenters. The Hall–Kier alpha value is -2.54. The lowest BCUT2D eigenvalue weighted by molar-refractivity contribution is -0.139. The molecule has 0 saturated carbocycles. The zero-order valence-electron chi connectivity index (χ0n) is 20.9. The minimum atomic E-state index is -0.730. The second-order valence-corrected chi connectivity index (χ2v) is 11.1. The summed E-state index contributed by atoms with van der Waals surface area (Å²) in [5.74, 6) is 0.281. The molecule has 0 aliphatic heterocycles. The molecule has 0 aromatic heterocycles. The minimum Gasteiger partial charge on any atom is -0.354 e. The van der Waals surface area contributed by atoms with Gasteiger partial charge in [-0.2, -0.15) is 0 Å². The van der Waals surface area contributed by atoms with Gasteiger partial charge in [0.05, 0.1) is 5.75 Å². The van der Waals surface area contributed by atoms with Gasteiger partial charge >= 0.3 is 0 Å². The van der Waals surface area contributed by atoms with Crippen LogP contribution in [-0.4, -0.2) is 35.1 Å². The van der Waals surface area contributed by atoms with Crippen LogP contribution in [0.25, 0.3) is 0 Å². The molecule has 0 aliphatic carbocycles. The van der Waals surface area contributed by atoms with Crippen molar-refractivity contribution in [3.63, 3.8) is 0 Å². The van der Waals surface area contributed by atoms with Crippen molar-refractivity contribution in [3.8, 4) is 0 Å². The summed E-state index contributed by atoms with van der Waals surface area (Å²) in [7, 11) is 0. The molecule has 0 fully saturated rings. The van der Waals surface area contributed by atoms with Gasteiger partial charge in [-0.3, -0.25) is 9.59 Å². The lowest BCUT2D eigenvalue weighted by Crippen LogP contribution is -2.51. The van der Waals surface area contributed by atoms with E-state index in [0.717, 1.165) is 11.1 Å². The number of rotatable bonds is 12. The van der Waals surface area contributed by atoms with Crippen molar-refractivity contribution in [2.24, 2.45) is 5.92 Å². The highest BCUT2D eigenvalue weighted by atomic mass is 35.5. The van der Waals surface area contributed by atoms with Gasteiger partial charge in [-0.1, -0.05) is 85.6 Å². The van der Waals surface area contributed by atoms with E-state index in [2.05, 4.69) is 5.32 Å². The fourth-order valence-electron chi connectivity index (χ4n) is 3.73. The lowest BCUT2D eigenvalue weighted by Gasteiger charge is -2.32. The first-order valence-corrected chi connectivity index (χ1v) is 14.0. The first kappa shape index (κ1) is 29.0. The maximum absolute atomic E-state index is 13.6. The minimum absolute atomic E-state index is 0.158. The molecule has 4 nitrogen and oxygen atoms in total. The molecule has 3 rings (SSSR count). The van der Waals surface area contributed by atoms with Crippen LogP contribution in [0.5, 0.6) is 0 Å². The van der Waals surface area contributed by atoms with Gasteiger partial charge in [0.25, 0.3) is 0 Å². The van der Waals surface area contributed by atoms with Crippen molar-refractivity contribution in [1.29, 1.82) is 0 Å². The van der Waals surface area contributed by atoms with Gasteiger partial charge in [-0.05, 0) is 46.9 Å². The maximum Gasteiger partial charge on any atom is 0.243 e. The van der Waals surface area contributed by atoms with Crippen LogP contribution in [0.3, 0.4) is 0 Å². The molecule has 3 aromatic carbocycles. The van der Waals surface area contributed by atoms with Crippen LogP contribution >= 0.6 is 35.0 Å². The molecule has 0 aliphatic rings. The number of amides is 2. The Balaban J connectivity index is 1.86. The molecule has 196 valence electrons. The third kappa shape index (κ3) is 9.37. The number of nitrogens with zero attached hydrogens (tertiary/aromatic N) is 1. The van der Waals surface area contributed by atoms with E-state index in [0.29, 0.717) is 34.3 Å². The molecule has 8 heteroatoms. The normalized spacial score (nSPS) is 11.8. The van der Waals surface area contributed by atoms with Crippen LogP contribution in [0.2, 0.25) is 10.0 Å². The summed E-state index contributed by atoms with van der Waals surface area (Å²) in [4.78, 5) is 28.7. The van der Waals surface area contributed by atoms with Crippen molar-refractivity contribution >= 4 is 46.8 Å². The van der Waals surface area contributed by atoms with Crippen molar-refractivity contribution in [3.05, 3.63) is 105 Å². The average molecular weight is 562 g/mol. The Bertz CT molecular complexity index is 1180. The number of hydrogen-bond donors (Lipinski definition) is 1. The van der Waals surface area contributed by atoms with Crippen molar-refractivity contribution < 1.29 is 14.0 Å². The van der Waals surface area contributed by atoms with E-state index in [9.17, 15) is 14.0 Å². The van der Waals surface area contributed by atoms with Crippen LogP contribution in [0.15, 0.2) is 72.8 Å². The quantitative estimate of drug-likeness (QED) is 0.265. The van der Waals surface area contributed by atoms with Crippen LogP contribution < -0.4 is 5.32 Å². The lowest BCUT2D eigenvalue weighted by atomic mass is 10.0. The van der Waals surface area contributed by atoms with Gasteiger partial charge in [0.1, 0.15) is 11.9 Å². The monoisotopic (exact) mass is 560 g/mol. The molecular formula is C29H31Cl2FN2O2S. The third-order valence-corrected chi connectivity index (χ3v) is 7.29. The SMILES string of the molecule is CC(C)CNC(=O)[C@H](Cc1ccccc1)N(Cc1ccc(Cl)cc1Cl)C(=O)CSCc1ccc(F)cc1. The Morgan fingerprint density at radius 3 is 2.32 bits per heavy atom. The summed E-state index contributed by atoms with van der Waals surface area (Å²) >= 11 is 14.0. The number of halogens is 3. The molecule has 37 heavy (non-hydrogen) atoms. The highest BCUT2D eigenvalue weighted by molar-refractivity contribution is 7.99. The summed E-state index contributed by atoms with van der Waals surface area (Å²) in [5, 5.41) is 3.94. The number of benzene rings is 3. The first-order valence-electron chi connectivity index (χ1n) is 12.1. The topological polar surface area (TPSA) is 49.4 Å². The summed E-state index contributed by atoms with van der Waals surface area (Å²) < 4.78 is 13.2. The van der Waals surface area contributed by atoms with E-state index in [1.807, 2.05) is 44.2 Å². The van der Waals surface area contributed by atoms with E-state index >= 15 is 0 Å². The molecule has 0 bridgehead atoms. The van der Waals surface area contributed by atoms with Gasteiger partial charge in [0.2, 0.25) is 11.8 Å². The molecule has 0 saturated heterocycles. The van der Waals surface area contributed by atoms with Crippen LogP contribution in [0, 0.1) is 11.7 Å². The van der Waals surface area contributed by atoms with Crippen LogP contribution in [0.4, 0.5) is 4.39 Å². The van der Waals surface area contributed by atoms with E-state index in [-0.39, 0.29) is 35.8 Å². The summed E-state index contributed by atoms with van der Waals surface area (Å²) in [5.41, 5.74) is 2.57. The standard InChI is InChI=1S/C29H31Cl2FN2O2S/c1-20(2)16-33-29(36)27(14-21-6-4-3-5-7-21)34(17-23-10-11-24(30)15-26(23)31)28(35)19-37-18-22-8-12-25(32)13-9-22/h3-13,15,20,27H,14,16-19H2,1-2H3,(H,33,36)/t27-/m0/s1. The second kappa shape index (κ2) is 14.4. The van der Waals surface area contributed by atoms with Crippen LogP contribution in [-0.2, 0) is 28.3 Å². The smallest absolute Gasteiger partial charge is 0.243 e. The largest absolute Gasteiger partial charge is 0.354 e. The van der Waals surface area contributed by atoms with E-state index in [4.69, 9.17) is 23.2 Å². The molecule has 0 radical (unpaired) electrons. The second-order valence-electron chi connectivity index (χ2n) is 9.22. The average Bonchev–Trinajstić information content (AvgIpc) is 2.87. The van der Waals surface area contributed by atoms with Crippen molar-refractivity contribution in [2.45, 2.75) is 38.6 Å². The number of carbonyl (C=O) groups is 2. The molecule has 0 heterocycles. The van der Waals surface area contributed by atoms with Gasteiger partial charge in [-0.25, -0.2) is 4.39 Å². The highest BCUT2D eigenvalue weighted by Gasteiger charge is 2.30. The molecule has 3 aromatic rings. The third-order valence-electron chi connectivity index (χ3n) is 5.72. The predicted octanol–water partition coefficient (Wildman–Crippen LogP) is 6.78. The first-order chi connectivity index (χ1) is 17.7. The molecule has 1 N–H and O–H groups in total. The molecule has 0 spiro atoms. The predicted molar refractivity (Wildman–Crippen MR) is 151 cm³/mol. The highest BCUT2D eigenvalue weighted by Crippen LogP contribution is 2.25. The van der Waals surface area contributed by atoms with Crippen molar-refractivity contribution in [2.75, 3.05) is 12.3 Å². The Kier molecular flexibility index (Phi) is 11.3. The summed E-state index contributed by atoms with van der Waals surface area (Å²) in [6.07, 6.45) is 0.365. The number of carbonyl (C=O) groups excluding carboxylic acids is 2. The van der Waals surface area contributed by atoms with E-state index in [1.165, 1.54) is 23.9 Å². The van der Waals surface area contributed by atoms with Gasteiger partial charge in [0, 0.05) is 35.3 Å². The zero-order chi connectivity index (χ0) is 26.8. The van der Waals surface area contributed by atoms with E-state index < -0.39 is 6.04 Å². The number of hydrogen-bond acceptors (Lipinski definition) is 3. The Labute approximate surface area is 232 Å². The fraction of sp³-hybridized carbons (Fsp3) is 0.310. The molecular weight excluding hydrogens is 530 g/mol. The molecule has 2 amide bonds. The van der Waals surface area contributed by atoms with Gasteiger partial charge < -0.3 is 10.2 Å². The maximum atomic E-state index is 13.6. The van der Waals surface area contributed by atoms with Gasteiger partial charge in [0.15, 0.2) is 0 Å².